The van der Waals surface area contributed by atoms with E-state index < -0.39 is 0 Å². The van der Waals surface area contributed by atoms with Crippen molar-refractivity contribution < 1.29 is 4.74 Å². The molecule has 0 amide bonds. The Morgan fingerprint density at radius 1 is 0.296 bits per heavy atom. The van der Waals surface area contributed by atoms with Crippen LogP contribution in [0.1, 0.15) is 28.2 Å². The van der Waals surface area contributed by atoms with Gasteiger partial charge in [-0.3, -0.25) is 0 Å². The first-order chi connectivity index (χ1) is 35.3. The molecule has 0 spiro atoms. The van der Waals surface area contributed by atoms with E-state index in [0.717, 1.165) is 12.3 Å². The van der Waals surface area contributed by atoms with Gasteiger partial charge in [0.1, 0.15) is 5.75 Å². The molecule has 0 fully saturated rings. The van der Waals surface area contributed by atoms with Gasteiger partial charge in [-0.2, -0.15) is 0 Å². The molecule has 0 N–H and O–H groups in total. The van der Waals surface area contributed by atoms with E-state index in [-0.39, 0.29) is 11.3 Å². The third-order valence-electron chi connectivity index (χ3n) is 25.3. The Hall–Kier alpha value is -8.72. The molecule has 0 saturated carbocycles. The average Bonchev–Trinajstić information content (AvgIpc) is 4.36. The number of nitrogens with zero attached hydrogens (tertiary/aromatic N) is 1. The fraction of sp³-hybridized carbons (Fsp3) is 0.0725. The number of hydrogen-bond donors (Lipinski definition) is 0. The van der Waals surface area contributed by atoms with E-state index in [2.05, 4.69) is 36.2 Å². The van der Waals surface area contributed by atoms with Crippen molar-refractivity contribution in [3.05, 3.63) is 46.5 Å². The smallest absolute Gasteiger partial charge is 0.119 e. The summed E-state index contributed by atoms with van der Waals surface area (Å²) >= 11 is 0. The van der Waals surface area contributed by atoms with Crippen molar-refractivity contribution in [2.45, 2.75) is 11.3 Å². The van der Waals surface area contributed by atoms with Gasteiger partial charge >= 0.3 is 0 Å². The van der Waals surface area contributed by atoms with Crippen molar-refractivity contribution in [2.24, 2.45) is 0 Å². The molecule has 0 atom stereocenters. The molecule has 300 valence electrons. The van der Waals surface area contributed by atoms with E-state index in [1.165, 1.54) is 5.69 Å². The number of likely N-dealkylation sites (N-methyl/N-ethyl adjacent to an activating group) is 1. The first-order valence-corrected chi connectivity index (χ1v) is 26.4. The van der Waals surface area contributed by atoms with Crippen LogP contribution in [0.4, 0.5) is 5.69 Å². The minimum Gasteiger partial charge on any atom is -0.497 e. The predicted molar refractivity (Wildman–Crippen MR) is 301 cm³/mol. The molecule has 0 unspecified atom stereocenters. The minimum absolute atomic E-state index is 0.244. The average molecular weight is 872 g/mol. The van der Waals surface area contributed by atoms with E-state index in [9.17, 15) is 0 Å². The zero-order valence-electron chi connectivity index (χ0n) is 36.9. The van der Waals surface area contributed by atoms with Gasteiger partial charge in [-0.25, -0.2) is 0 Å². The normalized spacial score (nSPS) is 20.5. The van der Waals surface area contributed by atoms with Crippen LogP contribution < -0.4 is 9.64 Å². The number of hydrogen-bond acceptors (Lipinski definition) is 2. The summed E-state index contributed by atoms with van der Waals surface area (Å²) in [5.41, 5.74) is 7.95. The summed E-state index contributed by atoms with van der Waals surface area (Å²) in [5.74, 6) is 1.17. The fourth-order valence-electron chi connectivity index (χ4n) is 24.9. The van der Waals surface area contributed by atoms with E-state index in [4.69, 9.17) is 4.74 Å². The molecule has 29 aromatic rings. The predicted octanol–water partition coefficient (Wildman–Crippen LogP) is 18.3. The van der Waals surface area contributed by atoms with Crippen LogP contribution in [0.15, 0.2) is 24.3 Å². The van der Waals surface area contributed by atoms with Crippen molar-refractivity contribution in [3.8, 4) is 5.75 Å². The van der Waals surface area contributed by atoms with E-state index in [0.29, 0.717) is 0 Å². The molecule has 29 aromatic carbocycles. The molecule has 0 aliphatic heterocycles. The summed E-state index contributed by atoms with van der Waals surface area (Å²) in [6.45, 7) is 0.944. The number of benzene rings is 19. The number of ether oxygens (including phenoxy) is 1. The number of rotatable bonds is 4. The quantitative estimate of drug-likeness (QED) is 0.163. The lowest BCUT2D eigenvalue weighted by Crippen LogP contribution is -2.46. The monoisotopic (exact) mass is 871 g/mol. The van der Waals surface area contributed by atoms with Gasteiger partial charge in [-0.05, 0) is 337 Å². The molecule has 0 aromatic heterocycles. The maximum absolute atomic E-state index is 5.80. The molecule has 0 heterocycles. The second-order valence-corrected chi connectivity index (χ2v) is 25.8. The second kappa shape index (κ2) is 6.22. The van der Waals surface area contributed by atoms with Gasteiger partial charge in [0.15, 0.2) is 0 Å². The summed E-state index contributed by atoms with van der Waals surface area (Å²) in [6, 6.07) is 9.06. The van der Waals surface area contributed by atoms with Gasteiger partial charge in [0.05, 0.1) is 12.5 Å². The highest BCUT2D eigenvalue weighted by molar-refractivity contribution is 6.82. The van der Waals surface area contributed by atoms with E-state index >= 15 is 0 Å². The summed E-state index contributed by atoms with van der Waals surface area (Å²) in [5, 5.41) is 89.7. The Kier molecular flexibility index (Phi) is 2.35. The largest absolute Gasteiger partial charge is 0.497 e. The number of anilines is 1. The maximum Gasteiger partial charge on any atom is 0.119 e. The first-order valence-electron chi connectivity index (χ1n) is 26.4. The first kappa shape index (κ1) is 26.9. The van der Waals surface area contributed by atoms with Gasteiger partial charge in [0.2, 0.25) is 0 Å². The van der Waals surface area contributed by atoms with Crippen molar-refractivity contribution in [1.82, 2.24) is 0 Å². The lowest BCUT2D eigenvalue weighted by Gasteiger charge is -2.47. The van der Waals surface area contributed by atoms with Crippen molar-refractivity contribution in [3.63, 3.8) is 0 Å². The Morgan fingerprint density at radius 2 is 0.493 bits per heavy atom. The van der Waals surface area contributed by atoms with Crippen LogP contribution in [0.25, 0.3) is 291 Å². The summed E-state index contributed by atoms with van der Waals surface area (Å²) in [7, 11) is 4.24. The number of methoxy groups -OCH3 is 1. The van der Waals surface area contributed by atoms with Crippen LogP contribution >= 0.6 is 0 Å². The molecule has 0 radical (unpaired) electrons. The lowest BCUT2D eigenvalue weighted by molar-refractivity contribution is 0.414. The molecular weight excluding hydrogens is 859 g/mol. The van der Waals surface area contributed by atoms with Crippen molar-refractivity contribution >= 4 is 297 Å². The maximum atomic E-state index is 5.80. The standard InChI is InChI=1S/C69H13NO/c1-70(8-3-5-9(71-2)6-4-8)7-69-66-62-56-42-34-26-14-11-10-12-15(14)27-29-25-19(12)21-17-13(10)16-20-18(11)24-28(26)40(42)48-46-32(24)30(20)38-36-22(16)23(17)37-39-31(21)33(25)47-49-41(29)43(35(27)34)57(56)63(66)59(49)61-53(47)51(39)55-45(37)44(36)54-50(38)52(46)60(58(48)62)67(69)64(54)65(55)68(61)69/h3-6,66H,7H2,1-2H3. The van der Waals surface area contributed by atoms with Gasteiger partial charge in [0.25, 0.3) is 0 Å². The highest BCUT2D eigenvalue weighted by Gasteiger charge is 2.63. The minimum atomic E-state index is -0.278. The highest BCUT2D eigenvalue weighted by atomic mass is 16.5. The Morgan fingerprint density at radius 3 is 0.732 bits per heavy atom. The van der Waals surface area contributed by atoms with Crippen LogP contribution in [-0.4, -0.2) is 20.7 Å². The highest BCUT2D eigenvalue weighted by Crippen LogP contribution is 2.83. The van der Waals surface area contributed by atoms with E-state index in [1.807, 2.05) is 0 Å². The van der Waals surface area contributed by atoms with Gasteiger partial charge in [-0.15, -0.1) is 0 Å². The molecular formula is C69H13NO. The van der Waals surface area contributed by atoms with Crippen LogP contribution in [0.5, 0.6) is 5.75 Å². The molecule has 2 nitrogen and oxygen atoms in total. The summed E-state index contributed by atoms with van der Waals surface area (Å²) in [6.07, 6.45) is 0. The Balaban J connectivity index is 1.12. The van der Waals surface area contributed by atoms with Gasteiger partial charge in [-0.1, -0.05) is 0 Å². The topological polar surface area (TPSA) is 12.5 Å². The van der Waals surface area contributed by atoms with Crippen molar-refractivity contribution in [1.29, 1.82) is 0 Å². The fourth-order valence-corrected chi connectivity index (χ4v) is 24.9. The van der Waals surface area contributed by atoms with Crippen molar-refractivity contribution in [2.75, 3.05) is 25.6 Å². The molecule has 71 heavy (non-hydrogen) atoms. The van der Waals surface area contributed by atoms with Gasteiger partial charge < -0.3 is 9.64 Å². The van der Waals surface area contributed by atoms with Crippen LogP contribution in [0.2, 0.25) is 0 Å². The SMILES string of the molecule is COc1ccc(N(C)CC23c4c5c6c7c8c9c(c%10c%11c2c2c4c4c%12c5c5c6c6c8c8c%13c9c9c%10c%10c%11c%11c2c2c4c4c%12c%12c5c5c6c8c6c8c%13c9c9c%10c%10c%11c2c2c4c4c%12c5c6c5c8c9c%10c2c45)C73)cc1. The third kappa shape index (κ3) is 1.50. The molecule has 33 rings (SSSR count). The molecule has 4 aliphatic carbocycles. The summed E-state index contributed by atoms with van der Waals surface area (Å²) in [4.78, 5) is 2.70. The second-order valence-electron chi connectivity index (χ2n) is 25.8. The molecule has 0 saturated heterocycles. The molecule has 2 heteroatoms. The van der Waals surface area contributed by atoms with Crippen LogP contribution in [0, 0.1) is 0 Å². The van der Waals surface area contributed by atoms with E-state index in [1.54, 1.807) is 320 Å². The Labute approximate surface area is 388 Å². The zero-order valence-corrected chi connectivity index (χ0v) is 36.9. The summed E-state index contributed by atoms with van der Waals surface area (Å²) < 4.78 is 5.80. The third-order valence-corrected chi connectivity index (χ3v) is 25.3. The van der Waals surface area contributed by atoms with Crippen LogP contribution in [-0.2, 0) is 5.41 Å². The zero-order chi connectivity index (χ0) is 42.5. The van der Waals surface area contributed by atoms with Gasteiger partial charge in [0, 0.05) is 25.2 Å². The molecule has 4 aliphatic rings. The lowest BCUT2D eigenvalue weighted by atomic mass is 9.57. The van der Waals surface area contributed by atoms with Crippen LogP contribution in [0.3, 0.4) is 0 Å². The molecule has 0 bridgehead atoms. The Bertz CT molecular complexity index is 7130.